The first kappa shape index (κ1) is 16.0. The molecular formula is C17H21N3O2S. The Hall–Kier alpha value is -1.92. The number of thiophene rings is 1. The number of carbonyl (C=O) groups is 1. The van der Waals surface area contributed by atoms with E-state index >= 15 is 0 Å². The predicted molar refractivity (Wildman–Crippen MR) is 90.2 cm³/mol. The Morgan fingerprint density at radius 3 is 2.91 bits per heavy atom. The molecule has 122 valence electrons. The van der Waals surface area contributed by atoms with Crippen LogP contribution in [0.5, 0.6) is 0 Å². The smallest absolute Gasteiger partial charge is 0.315 e. The van der Waals surface area contributed by atoms with E-state index in [1.165, 1.54) is 0 Å². The van der Waals surface area contributed by atoms with Gasteiger partial charge in [-0.15, -0.1) is 11.3 Å². The van der Waals surface area contributed by atoms with Crippen LogP contribution in [0.2, 0.25) is 0 Å². The van der Waals surface area contributed by atoms with Crippen molar-refractivity contribution in [2.45, 2.75) is 25.4 Å². The lowest BCUT2D eigenvalue weighted by molar-refractivity contribution is 0.0547. The van der Waals surface area contributed by atoms with Gasteiger partial charge in [-0.2, -0.15) is 0 Å². The van der Waals surface area contributed by atoms with Gasteiger partial charge in [-0.1, -0.05) is 12.1 Å². The zero-order chi connectivity index (χ0) is 15.9. The lowest BCUT2D eigenvalue weighted by Crippen LogP contribution is -2.41. The van der Waals surface area contributed by atoms with Crippen LogP contribution in [0.4, 0.5) is 4.79 Å². The molecule has 0 radical (unpaired) electrons. The molecule has 1 aliphatic heterocycles. The van der Waals surface area contributed by atoms with Gasteiger partial charge in [0.05, 0.1) is 12.6 Å². The van der Waals surface area contributed by atoms with E-state index in [4.69, 9.17) is 4.74 Å². The molecule has 1 atom stereocenters. The first-order valence-electron chi connectivity index (χ1n) is 7.87. The van der Waals surface area contributed by atoms with Gasteiger partial charge >= 0.3 is 6.03 Å². The highest BCUT2D eigenvalue weighted by Crippen LogP contribution is 2.29. The van der Waals surface area contributed by atoms with E-state index in [9.17, 15) is 4.79 Å². The van der Waals surface area contributed by atoms with Gasteiger partial charge in [-0.05, 0) is 41.8 Å². The van der Waals surface area contributed by atoms with Crippen LogP contribution >= 0.6 is 11.3 Å². The average Bonchev–Trinajstić information content (AvgIpc) is 3.13. The summed E-state index contributed by atoms with van der Waals surface area (Å²) < 4.78 is 5.44. The minimum atomic E-state index is -0.140. The molecule has 2 N–H and O–H groups in total. The molecule has 0 unspecified atom stereocenters. The van der Waals surface area contributed by atoms with Crippen LogP contribution in [0.25, 0.3) is 0 Å². The summed E-state index contributed by atoms with van der Waals surface area (Å²) >= 11 is 1.64. The van der Waals surface area contributed by atoms with Gasteiger partial charge in [0.2, 0.25) is 0 Å². The van der Waals surface area contributed by atoms with Crippen LogP contribution in [0.3, 0.4) is 0 Å². The summed E-state index contributed by atoms with van der Waals surface area (Å²) in [6.07, 6.45) is 5.48. The van der Waals surface area contributed by atoms with Crippen LogP contribution in [0.1, 0.15) is 29.3 Å². The van der Waals surface area contributed by atoms with E-state index in [2.05, 4.69) is 15.6 Å². The first-order valence-corrected chi connectivity index (χ1v) is 8.75. The Bertz CT molecular complexity index is 598. The quantitative estimate of drug-likeness (QED) is 0.885. The van der Waals surface area contributed by atoms with Gasteiger partial charge in [0.25, 0.3) is 0 Å². The van der Waals surface area contributed by atoms with Crippen molar-refractivity contribution in [1.29, 1.82) is 0 Å². The van der Waals surface area contributed by atoms with Crippen LogP contribution in [0.15, 0.2) is 42.0 Å². The van der Waals surface area contributed by atoms with E-state index in [0.717, 1.165) is 36.5 Å². The first-order chi connectivity index (χ1) is 11.3. The van der Waals surface area contributed by atoms with E-state index in [-0.39, 0.29) is 12.1 Å². The second kappa shape index (κ2) is 8.08. The largest absolute Gasteiger partial charge is 0.381 e. The lowest BCUT2D eigenvalue weighted by atomic mass is 9.88. The molecule has 0 bridgehead atoms. The fraction of sp³-hybridized carbons (Fsp3) is 0.412. The maximum absolute atomic E-state index is 12.3. The fourth-order valence-corrected chi connectivity index (χ4v) is 3.50. The molecule has 3 heterocycles. The Morgan fingerprint density at radius 2 is 2.22 bits per heavy atom. The van der Waals surface area contributed by atoms with Gasteiger partial charge in [0.15, 0.2) is 0 Å². The molecule has 2 aromatic rings. The van der Waals surface area contributed by atoms with E-state index in [1.54, 1.807) is 17.5 Å². The highest BCUT2D eigenvalue weighted by atomic mass is 32.1. The summed E-state index contributed by atoms with van der Waals surface area (Å²) in [5, 5.41) is 8.07. The number of carbonyl (C=O) groups excluding carboxylic acids is 1. The van der Waals surface area contributed by atoms with E-state index < -0.39 is 0 Å². The Kier molecular flexibility index (Phi) is 5.60. The molecule has 3 rings (SSSR count). The van der Waals surface area contributed by atoms with Crippen molar-refractivity contribution in [1.82, 2.24) is 15.6 Å². The van der Waals surface area contributed by atoms with Crippen molar-refractivity contribution in [3.05, 3.63) is 52.5 Å². The molecule has 1 aliphatic rings. The highest BCUT2D eigenvalue weighted by Gasteiger charge is 2.27. The van der Waals surface area contributed by atoms with Gasteiger partial charge in [0.1, 0.15) is 0 Å². The van der Waals surface area contributed by atoms with Crippen LogP contribution in [-0.4, -0.2) is 24.2 Å². The molecular weight excluding hydrogens is 310 g/mol. The van der Waals surface area contributed by atoms with Gasteiger partial charge in [-0.25, -0.2) is 4.79 Å². The fourth-order valence-electron chi connectivity index (χ4n) is 2.86. The summed E-state index contributed by atoms with van der Waals surface area (Å²) in [5.41, 5.74) is 1.05. The average molecular weight is 331 g/mol. The van der Waals surface area contributed by atoms with Crippen molar-refractivity contribution >= 4 is 17.4 Å². The number of pyridine rings is 1. The van der Waals surface area contributed by atoms with Crippen LogP contribution in [-0.2, 0) is 11.3 Å². The molecule has 6 heteroatoms. The zero-order valence-electron chi connectivity index (χ0n) is 12.9. The number of aromatic nitrogens is 1. The number of nitrogens with zero attached hydrogens (tertiary/aromatic N) is 1. The molecule has 2 aromatic heterocycles. The normalized spacial score (nSPS) is 16.7. The molecule has 0 aromatic carbocycles. The van der Waals surface area contributed by atoms with Crippen LogP contribution in [0, 0.1) is 5.92 Å². The summed E-state index contributed by atoms with van der Waals surface area (Å²) in [5.74, 6) is 0.375. The molecule has 1 fully saturated rings. The number of hydrogen-bond donors (Lipinski definition) is 2. The molecule has 0 aliphatic carbocycles. The summed E-state index contributed by atoms with van der Waals surface area (Å²) in [6, 6.07) is 7.76. The topological polar surface area (TPSA) is 63.2 Å². The van der Waals surface area contributed by atoms with Gasteiger partial charge < -0.3 is 15.4 Å². The van der Waals surface area contributed by atoms with Gasteiger partial charge in [0, 0.05) is 30.5 Å². The van der Waals surface area contributed by atoms with Crippen molar-refractivity contribution in [2.75, 3.05) is 13.2 Å². The standard InChI is InChI=1S/C17H21N3O2S/c21-17(19-12-15-4-2-10-23-15)20-16(13-5-8-22-9-6-13)14-3-1-7-18-11-14/h1-4,7,10-11,13,16H,5-6,8-9,12H2,(H2,19,20,21)/t16-/m0/s1. The SMILES string of the molecule is O=C(NCc1cccs1)N[C@H](c1cccnc1)C1CCOCC1. The van der Waals surface area contributed by atoms with Crippen LogP contribution < -0.4 is 10.6 Å². The van der Waals surface area contributed by atoms with Gasteiger partial charge in [-0.3, -0.25) is 4.98 Å². The highest BCUT2D eigenvalue weighted by molar-refractivity contribution is 7.09. The van der Waals surface area contributed by atoms with Crippen molar-refractivity contribution in [3.63, 3.8) is 0 Å². The van der Waals surface area contributed by atoms with E-state index in [0.29, 0.717) is 12.5 Å². The maximum Gasteiger partial charge on any atom is 0.315 e. The second-order valence-electron chi connectivity index (χ2n) is 5.62. The zero-order valence-corrected chi connectivity index (χ0v) is 13.7. The number of amides is 2. The third kappa shape index (κ3) is 4.53. The third-order valence-corrected chi connectivity index (χ3v) is 4.95. The molecule has 23 heavy (non-hydrogen) atoms. The summed E-state index contributed by atoms with van der Waals surface area (Å²) in [7, 11) is 0. The van der Waals surface area contributed by atoms with E-state index in [1.807, 2.05) is 35.8 Å². The number of rotatable bonds is 5. The second-order valence-corrected chi connectivity index (χ2v) is 6.65. The van der Waals surface area contributed by atoms with Crippen molar-refractivity contribution in [2.24, 2.45) is 5.92 Å². The predicted octanol–water partition coefficient (Wildman–Crippen LogP) is 3.11. The Morgan fingerprint density at radius 1 is 1.35 bits per heavy atom. The minimum absolute atomic E-state index is 0.0315. The Labute approximate surface area is 140 Å². The molecule has 0 spiro atoms. The number of nitrogens with one attached hydrogen (secondary N) is 2. The lowest BCUT2D eigenvalue weighted by Gasteiger charge is -2.31. The summed E-state index contributed by atoms with van der Waals surface area (Å²) in [6.45, 7) is 2.05. The third-order valence-electron chi connectivity index (χ3n) is 4.07. The molecule has 0 saturated carbocycles. The number of ether oxygens (including phenoxy) is 1. The monoisotopic (exact) mass is 331 g/mol. The minimum Gasteiger partial charge on any atom is -0.381 e. The van der Waals surface area contributed by atoms with Crippen molar-refractivity contribution in [3.8, 4) is 0 Å². The molecule has 5 nitrogen and oxygen atoms in total. The summed E-state index contributed by atoms with van der Waals surface area (Å²) in [4.78, 5) is 17.6. The maximum atomic E-state index is 12.3. The van der Waals surface area contributed by atoms with Crippen molar-refractivity contribution < 1.29 is 9.53 Å². The number of hydrogen-bond acceptors (Lipinski definition) is 4. The Balaban J connectivity index is 1.64. The molecule has 2 amide bonds. The number of urea groups is 1. The molecule has 1 saturated heterocycles.